The molecular weight excluding hydrogens is 208 g/mol. The monoisotopic (exact) mass is 232 g/mol. The molecule has 0 N–H and O–H groups in total. The van der Waals surface area contributed by atoms with Gasteiger partial charge in [-0.3, -0.25) is 9.88 Å². The molecule has 0 aromatic carbocycles. The second-order valence-electron chi connectivity index (χ2n) is 6.14. The standard InChI is InChI=1S/C15H24N2/c1-12(17-9-5-6-10-17)14-11-13(7-8-16-14)15(2,3)4/h7-8,11-12H,5-6,9-10H2,1-4H3. The second kappa shape index (κ2) is 4.77. The molecule has 1 aromatic heterocycles. The van der Waals surface area contributed by atoms with Gasteiger partial charge in [0.15, 0.2) is 0 Å². The summed E-state index contributed by atoms with van der Waals surface area (Å²) in [5.41, 5.74) is 2.82. The topological polar surface area (TPSA) is 16.1 Å². The van der Waals surface area contributed by atoms with Crippen LogP contribution in [0, 0.1) is 0 Å². The molecule has 0 bridgehead atoms. The molecule has 1 aromatic rings. The maximum Gasteiger partial charge on any atom is 0.0575 e. The molecule has 0 radical (unpaired) electrons. The van der Waals surface area contributed by atoms with E-state index in [9.17, 15) is 0 Å². The first kappa shape index (κ1) is 12.6. The summed E-state index contributed by atoms with van der Waals surface area (Å²) in [5.74, 6) is 0. The van der Waals surface area contributed by atoms with E-state index in [4.69, 9.17) is 0 Å². The van der Waals surface area contributed by atoms with Crippen molar-refractivity contribution in [1.82, 2.24) is 9.88 Å². The van der Waals surface area contributed by atoms with Crippen LogP contribution in [0.1, 0.15) is 57.8 Å². The minimum absolute atomic E-state index is 0.211. The molecule has 1 aliphatic heterocycles. The fraction of sp³-hybridized carbons (Fsp3) is 0.667. The van der Waals surface area contributed by atoms with Crippen molar-refractivity contribution < 1.29 is 0 Å². The number of aromatic nitrogens is 1. The van der Waals surface area contributed by atoms with Gasteiger partial charge >= 0.3 is 0 Å². The van der Waals surface area contributed by atoms with E-state index in [0.717, 1.165) is 0 Å². The number of nitrogens with zero attached hydrogens (tertiary/aromatic N) is 2. The minimum Gasteiger partial charge on any atom is -0.295 e. The fourth-order valence-corrected chi connectivity index (χ4v) is 2.46. The highest BCUT2D eigenvalue weighted by atomic mass is 15.2. The zero-order chi connectivity index (χ0) is 12.5. The summed E-state index contributed by atoms with van der Waals surface area (Å²) in [4.78, 5) is 7.09. The van der Waals surface area contributed by atoms with Gasteiger partial charge in [0.1, 0.15) is 0 Å². The minimum atomic E-state index is 0.211. The summed E-state index contributed by atoms with van der Waals surface area (Å²) in [6.45, 7) is 11.5. The smallest absolute Gasteiger partial charge is 0.0575 e. The quantitative estimate of drug-likeness (QED) is 0.775. The van der Waals surface area contributed by atoms with Crippen molar-refractivity contribution in [3.63, 3.8) is 0 Å². The Morgan fingerprint density at radius 1 is 1.24 bits per heavy atom. The Hall–Kier alpha value is -0.890. The van der Waals surface area contributed by atoms with Crippen LogP contribution < -0.4 is 0 Å². The van der Waals surface area contributed by atoms with Crippen LogP contribution in [0.5, 0.6) is 0 Å². The van der Waals surface area contributed by atoms with E-state index in [2.05, 4.69) is 49.7 Å². The molecule has 2 rings (SSSR count). The number of hydrogen-bond donors (Lipinski definition) is 0. The molecule has 94 valence electrons. The van der Waals surface area contributed by atoms with Crippen molar-refractivity contribution in [3.05, 3.63) is 29.6 Å². The third kappa shape index (κ3) is 2.86. The highest BCUT2D eigenvalue weighted by Gasteiger charge is 2.22. The van der Waals surface area contributed by atoms with Crippen LogP contribution >= 0.6 is 0 Å². The first-order valence-corrected chi connectivity index (χ1v) is 6.69. The normalized spacial score (nSPS) is 19.5. The molecule has 1 unspecified atom stereocenters. The highest BCUT2D eigenvalue weighted by Crippen LogP contribution is 2.27. The molecule has 0 spiro atoms. The molecule has 1 fully saturated rings. The molecule has 1 atom stereocenters. The van der Waals surface area contributed by atoms with Gasteiger partial charge in [0, 0.05) is 12.2 Å². The average Bonchev–Trinajstić information content (AvgIpc) is 2.80. The van der Waals surface area contributed by atoms with Gasteiger partial charge in [-0.15, -0.1) is 0 Å². The van der Waals surface area contributed by atoms with E-state index < -0.39 is 0 Å². The van der Waals surface area contributed by atoms with Crippen molar-refractivity contribution in [2.75, 3.05) is 13.1 Å². The molecule has 0 amide bonds. The van der Waals surface area contributed by atoms with E-state index >= 15 is 0 Å². The largest absolute Gasteiger partial charge is 0.295 e. The average molecular weight is 232 g/mol. The molecule has 2 heterocycles. The van der Waals surface area contributed by atoms with Crippen LogP contribution in [0.3, 0.4) is 0 Å². The summed E-state index contributed by atoms with van der Waals surface area (Å²) in [7, 11) is 0. The third-order valence-corrected chi connectivity index (χ3v) is 3.76. The van der Waals surface area contributed by atoms with Gasteiger partial charge in [-0.25, -0.2) is 0 Å². The first-order chi connectivity index (χ1) is 7.98. The lowest BCUT2D eigenvalue weighted by molar-refractivity contribution is 0.258. The van der Waals surface area contributed by atoms with Gasteiger partial charge in [0.2, 0.25) is 0 Å². The SMILES string of the molecule is CC(c1cc(C(C)(C)C)ccn1)N1CCCC1. The number of likely N-dealkylation sites (tertiary alicyclic amines) is 1. The number of hydrogen-bond acceptors (Lipinski definition) is 2. The van der Waals surface area contributed by atoms with Crippen LogP contribution in [0.4, 0.5) is 0 Å². The maximum absolute atomic E-state index is 4.56. The molecule has 1 aliphatic rings. The Bertz CT molecular complexity index is 373. The lowest BCUT2D eigenvalue weighted by Crippen LogP contribution is -2.24. The molecule has 0 saturated carbocycles. The second-order valence-corrected chi connectivity index (χ2v) is 6.14. The molecular formula is C15H24N2. The zero-order valence-electron chi connectivity index (χ0n) is 11.5. The maximum atomic E-state index is 4.56. The van der Waals surface area contributed by atoms with E-state index in [0.29, 0.717) is 6.04 Å². The van der Waals surface area contributed by atoms with Crippen molar-refractivity contribution >= 4 is 0 Å². The number of rotatable bonds is 2. The van der Waals surface area contributed by atoms with Crippen molar-refractivity contribution in [1.29, 1.82) is 0 Å². The fourth-order valence-electron chi connectivity index (χ4n) is 2.46. The lowest BCUT2D eigenvalue weighted by atomic mass is 9.87. The molecule has 0 aliphatic carbocycles. The van der Waals surface area contributed by atoms with Crippen molar-refractivity contribution in [3.8, 4) is 0 Å². The third-order valence-electron chi connectivity index (χ3n) is 3.76. The Kier molecular flexibility index (Phi) is 3.53. The van der Waals surface area contributed by atoms with E-state index in [-0.39, 0.29) is 5.41 Å². The molecule has 17 heavy (non-hydrogen) atoms. The first-order valence-electron chi connectivity index (χ1n) is 6.69. The Labute approximate surface area is 105 Å². The van der Waals surface area contributed by atoms with Crippen molar-refractivity contribution in [2.45, 2.75) is 52.0 Å². The molecule has 1 saturated heterocycles. The van der Waals surface area contributed by atoms with Gasteiger partial charge in [0.05, 0.1) is 5.69 Å². The summed E-state index contributed by atoms with van der Waals surface area (Å²) in [6, 6.07) is 4.88. The summed E-state index contributed by atoms with van der Waals surface area (Å²) >= 11 is 0. The van der Waals surface area contributed by atoms with Crippen LogP contribution in [-0.2, 0) is 5.41 Å². The van der Waals surface area contributed by atoms with E-state index in [1.807, 2.05) is 6.20 Å². The Morgan fingerprint density at radius 3 is 2.47 bits per heavy atom. The zero-order valence-corrected chi connectivity index (χ0v) is 11.5. The lowest BCUT2D eigenvalue weighted by Gasteiger charge is -2.25. The van der Waals surface area contributed by atoms with Gasteiger partial charge in [0.25, 0.3) is 0 Å². The summed E-state index contributed by atoms with van der Waals surface area (Å²) in [6.07, 6.45) is 4.63. The van der Waals surface area contributed by atoms with Gasteiger partial charge < -0.3 is 0 Å². The molecule has 2 nitrogen and oxygen atoms in total. The van der Waals surface area contributed by atoms with E-state index in [1.54, 1.807) is 0 Å². The van der Waals surface area contributed by atoms with Crippen LogP contribution in [0.15, 0.2) is 18.3 Å². The Morgan fingerprint density at radius 2 is 1.88 bits per heavy atom. The van der Waals surface area contributed by atoms with Crippen molar-refractivity contribution in [2.24, 2.45) is 0 Å². The van der Waals surface area contributed by atoms with Crippen LogP contribution in [0.25, 0.3) is 0 Å². The Balaban J connectivity index is 2.20. The predicted octanol–water partition coefficient (Wildman–Crippen LogP) is 3.54. The summed E-state index contributed by atoms with van der Waals surface area (Å²) < 4.78 is 0. The van der Waals surface area contributed by atoms with E-state index in [1.165, 1.54) is 37.2 Å². The summed E-state index contributed by atoms with van der Waals surface area (Å²) in [5, 5.41) is 0. The highest BCUT2D eigenvalue weighted by molar-refractivity contribution is 5.25. The molecule has 2 heteroatoms. The van der Waals surface area contributed by atoms with Gasteiger partial charge in [-0.1, -0.05) is 20.8 Å². The van der Waals surface area contributed by atoms with Gasteiger partial charge in [-0.05, 0) is 56.0 Å². The van der Waals surface area contributed by atoms with Crippen LogP contribution in [0.2, 0.25) is 0 Å². The van der Waals surface area contributed by atoms with Crippen LogP contribution in [-0.4, -0.2) is 23.0 Å². The van der Waals surface area contributed by atoms with Gasteiger partial charge in [-0.2, -0.15) is 0 Å². The predicted molar refractivity (Wildman–Crippen MR) is 72.2 cm³/mol. The number of pyridine rings is 1.